The minimum Gasteiger partial charge on any atom is -0.545 e. The lowest BCUT2D eigenvalue weighted by molar-refractivity contribution is -0.255. The maximum absolute atomic E-state index is 10.5. The van der Waals surface area contributed by atoms with Gasteiger partial charge < -0.3 is 9.90 Å². The number of hydrogen-bond donors (Lipinski definition) is 1. The minimum absolute atomic E-state index is 0.188. The molecule has 0 aliphatic carbocycles. The number of carbonyl (C=O) groups is 1. The Morgan fingerprint density at radius 2 is 2.12 bits per heavy atom. The van der Waals surface area contributed by atoms with Crippen LogP contribution in [0.2, 0.25) is 0 Å². The van der Waals surface area contributed by atoms with Gasteiger partial charge in [0.1, 0.15) is 6.33 Å². The summed E-state index contributed by atoms with van der Waals surface area (Å²) in [7, 11) is 0. The number of hydrogen-bond acceptors (Lipinski definition) is 5. The number of carboxylic acids is 1. The second kappa shape index (κ2) is 4.80. The molecule has 16 heavy (non-hydrogen) atoms. The Labute approximate surface area is 95.9 Å². The van der Waals surface area contributed by atoms with Gasteiger partial charge in [0.25, 0.3) is 0 Å². The summed E-state index contributed by atoms with van der Waals surface area (Å²) in [5.41, 5.74) is 1.21. The zero-order valence-corrected chi connectivity index (χ0v) is 9.03. The third-order valence-corrected chi connectivity index (χ3v) is 2.91. The van der Waals surface area contributed by atoms with E-state index in [-0.39, 0.29) is 5.56 Å². The molecule has 6 heteroatoms. The van der Waals surface area contributed by atoms with E-state index in [2.05, 4.69) is 15.2 Å². The van der Waals surface area contributed by atoms with Crippen LogP contribution in [0, 0.1) is 0 Å². The molecule has 82 valence electrons. The highest BCUT2D eigenvalue weighted by atomic mass is 32.2. The van der Waals surface area contributed by atoms with Crippen LogP contribution < -0.4 is 5.11 Å². The molecule has 0 radical (unpaired) electrons. The summed E-state index contributed by atoms with van der Waals surface area (Å²) in [4.78, 5) is 14.5. The predicted molar refractivity (Wildman–Crippen MR) is 56.7 cm³/mol. The number of H-pyrrole nitrogens is 1. The molecule has 1 aromatic carbocycles. The molecule has 2 aromatic rings. The first-order chi connectivity index (χ1) is 7.75. The van der Waals surface area contributed by atoms with E-state index in [0.29, 0.717) is 5.75 Å². The van der Waals surface area contributed by atoms with Gasteiger partial charge in [0.15, 0.2) is 5.16 Å². The van der Waals surface area contributed by atoms with Gasteiger partial charge in [0, 0.05) is 5.75 Å². The lowest BCUT2D eigenvalue weighted by Crippen LogP contribution is -2.21. The summed E-state index contributed by atoms with van der Waals surface area (Å²) in [6.45, 7) is 0. The summed E-state index contributed by atoms with van der Waals surface area (Å²) in [6, 6.07) is 6.58. The van der Waals surface area contributed by atoms with Crippen LogP contribution in [-0.4, -0.2) is 21.2 Å². The smallest absolute Gasteiger partial charge is 0.183 e. The van der Waals surface area contributed by atoms with Crippen LogP contribution in [0.15, 0.2) is 35.7 Å². The number of nitrogens with zero attached hydrogens (tertiary/aromatic N) is 2. The van der Waals surface area contributed by atoms with Crippen molar-refractivity contribution in [3.63, 3.8) is 0 Å². The molecule has 0 fully saturated rings. The molecule has 1 N–H and O–H groups in total. The standard InChI is InChI=1S/C10H9N3O2S/c14-9(15)8-3-1-7(2-4-8)5-16-10-11-6-12-13-10/h1-4,6H,5H2,(H,14,15)(H,11,12,13)/p-1. The first kappa shape index (κ1) is 10.7. The number of aromatic amines is 1. The van der Waals surface area contributed by atoms with E-state index in [1.807, 2.05) is 0 Å². The second-order valence-electron chi connectivity index (χ2n) is 3.06. The first-order valence-corrected chi connectivity index (χ1v) is 5.53. The Balaban J connectivity index is 1.98. The van der Waals surface area contributed by atoms with Gasteiger partial charge in [0.2, 0.25) is 0 Å². The van der Waals surface area contributed by atoms with Crippen LogP contribution in [0.5, 0.6) is 0 Å². The zero-order valence-electron chi connectivity index (χ0n) is 8.21. The Morgan fingerprint density at radius 3 is 2.69 bits per heavy atom. The van der Waals surface area contributed by atoms with Gasteiger partial charge in [-0.1, -0.05) is 36.0 Å². The average molecular weight is 234 g/mol. The van der Waals surface area contributed by atoms with Crippen LogP contribution in [0.25, 0.3) is 0 Å². The molecule has 0 aliphatic rings. The molecule has 5 nitrogen and oxygen atoms in total. The lowest BCUT2D eigenvalue weighted by Gasteiger charge is -2.03. The molecule has 0 bridgehead atoms. The van der Waals surface area contributed by atoms with Gasteiger partial charge in [-0.05, 0) is 11.1 Å². The molecule has 0 amide bonds. The maximum Gasteiger partial charge on any atom is 0.183 e. The number of aromatic nitrogens is 3. The summed E-state index contributed by atoms with van der Waals surface area (Å²) in [5.74, 6) is -0.447. The molecule has 2 rings (SSSR count). The number of thioether (sulfide) groups is 1. The summed E-state index contributed by atoms with van der Waals surface area (Å²) >= 11 is 1.50. The number of aromatic carboxylic acids is 1. The third kappa shape index (κ3) is 2.60. The highest BCUT2D eigenvalue weighted by Gasteiger charge is 1.99. The van der Waals surface area contributed by atoms with Crippen molar-refractivity contribution >= 4 is 17.7 Å². The van der Waals surface area contributed by atoms with Gasteiger partial charge in [-0.15, -0.1) is 0 Å². The van der Waals surface area contributed by atoms with Crippen molar-refractivity contribution in [3.05, 3.63) is 41.7 Å². The molecule has 0 saturated heterocycles. The Morgan fingerprint density at radius 1 is 1.38 bits per heavy atom. The average Bonchev–Trinajstić information content (AvgIpc) is 2.80. The van der Waals surface area contributed by atoms with E-state index in [4.69, 9.17) is 0 Å². The van der Waals surface area contributed by atoms with Crippen molar-refractivity contribution < 1.29 is 9.90 Å². The fourth-order valence-corrected chi connectivity index (χ4v) is 1.89. The Hall–Kier alpha value is -1.82. The molecule has 0 unspecified atom stereocenters. The van der Waals surface area contributed by atoms with Crippen molar-refractivity contribution in [2.75, 3.05) is 0 Å². The van der Waals surface area contributed by atoms with E-state index in [1.165, 1.54) is 30.2 Å². The predicted octanol–water partition coefficient (Wildman–Crippen LogP) is 0.460. The molecular weight excluding hydrogens is 226 g/mol. The van der Waals surface area contributed by atoms with Gasteiger partial charge in [-0.2, -0.15) is 5.10 Å². The van der Waals surface area contributed by atoms with Gasteiger partial charge in [-0.25, -0.2) is 4.98 Å². The fraction of sp³-hybridized carbons (Fsp3) is 0.100. The number of carboxylic acid groups (broad SMARTS) is 1. The third-order valence-electron chi connectivity index (χ3n) is 1.96. The summed E-state index contributed by atoms with van der Waals surface area (Å²) < 4.78 is 0. The van der Waals surface area contributed by atoms with Gasteiger partial charge >= 0.3 is 0 Å². The highest BCUT2D eigenvalue weighted by Crippen LogP contribution is 2.18. The highest BCUT2D eigenvalue weighted by molar-refractivity contribution is 7.98. The molecule has 0 spiro atoms. The maximum atomic E-state index is 10.5. The van der Waals surface area contributed by atoms with Crippen molar-refractivity contribution in [2.24, 2.45) is 0 Å². The first-order valence-electron chi connectivity index (χ1n) is 4.54. The van der Waals surface area contributed by atoms with Crippen LogP contribution in [0.4, 0.5) is 0 Å². The minimum atomic E-state index is -1.16. The van der Waals surface area contributed by atoms with E-state index in [9.17, 15) is 9.90 Å². The van der Waals surface area contributed by atoms with Gasteiger partial charge in [0.05, 0.1) is 5.97 Å². The molecule has 0 aliphatic heterocycles. The van der Waals surface area contributed by atoms with Crippen LogP contribution in [-0.2, 0) is 5.75 Å². The fourth-order valence-electron chi connectivity index (χ4n) is 1.15. The van der Waals surface area contributed by atoms with E-state index in [0.717, 1.165) is 10.7 Å². The van der Waals surface area contributed by atoms with Crippen molar-refractivity contribution in [3.8, 4) is 0 Å². The summed E-state index contributed by atoms with van der Waals surface area (Å²) in [5, 5.41) is 17.7. The van der Waals surface area contributed by atoms with Gasteiger partial charge in [-0.3, -0.25) is 5.10 Å². The SMILES string of the molecule is O=C([O-])c1ccc(CSc2ncn[nH]2)cc1. The largest absolute Gasteiger partial charge is 0.545 e. The molecule has 1 heterocycles. The Bertz CT molecular complexity index is 467. The number of nitrogens with one attached hydrogen (secondary N) is 1. The second-order valence-corrected chi connectivity index (χ2v) is 4.03. The lowest BCUT2D eigenvalue weighted by atomic mass is 10.1. The monoisotopic (exact) mass is 234 g/mol. The van der Waals surface area contributed by atoms with E-state index < -0.39 is 5.97 Å². The van der Waals surface area contributed by atoms with Crippen molar-refractivity contribution in [2.45, 2.75) is 10.9 Å². The van der Waals surface area contributed by atoms with E-state index >= 15 is 0 Å². The topological polar surface area (TPSA) is 81.7 Å². The molecular formula is C10H8N3O2S-. The quantitative estimate of drug-likeness (QED) is 0.777. The van der Waals surface area contributed by atoms with Crippen molar-refractivity contribution in [1.29, 1.82) is 0 Å². The van der Waals surface area contributed by atoms with Crippen LogP contribution in [0.1, 0.15) is 15.9 Å². The molecule has 0 atom stereocenters. The number of rotatable bonds is 4. The normalized spacial score (nSPS) is 10.2. The zero-order chi connectivity index (χ0) is 11.4. The number of carbonyl (C=O) groups excluding carboxylic acids is 1. The van der Waals surface area contributed by atoms with Crippen LogP contribution >= 0.6 is 11.8 Å². The number of benzene rings is 1. The summed E-state index contributed by atoms with van der Waals surface area (Å²) in [6.07, 6.45) is 1.45. The van der Waals surface area contributed by atoms with Crippen LogP contribution in [0.3, 0.4) is 0 Å². The van der Waals surface area contributed by atoms with E-state index in [1.54, 1.807) is 12.1 Å². The van der Waals surface area contributed by atoms with Crippen molar-refractivity contribution in [1.82, 2.24) is 15.2 Å². The molecule has 1 aromatic heterocycles. The Kier molecular flexibility index (Phi) is 3.21. The molecule has 0 saturated carbocycles.